The van der Waals surface area contributed by atoms with Crippen LogP contribution in [0.3, 0.4) is 0 Å². The number of rotatable bonds is 18. The normalized spacial score (nSPS) is 12.8. The molecule has 0 fully saturated rings. The van der Waals surface area contributed by atoms with Crippen molar-refractivity contribution in [1.82, 2.24) is 0 Å². The summed E-state index contributed by atoms with van der Waals surface area (Å²) in [6.07, 6.45) is 0.153. The van der Waals surface area contributed by atoms with E-state index in [0.29, 0.717) is 64.0 Å². The Kier molecular flexibility index (Phi) is 13.8. The van der Waals surface area contributed by atoms with Crippen molar-refractivity contribution in [2.45, 2.75) is 79.1 Å². The predicted octanol–water partition coefficient (Wildman–Crippen LogP) is 6.67. The smallest absolute Gasteiger partial charge is 0.333 e. The highest BCUT2D eigenvalue weighted by molar-refractivity contribution is 5.98. The van der Waals surface area contributed by atoms with Crippen molar-refractivity contribution < 1.29 is 42.8 Å². The molecule has 2 aromatic carbocycles. The van der Waals surface area contributed by atoms with Crippen LogP contribution in [0.1, 0.15) is 60.8 Å². The fourth-order valence-corrected chi connectivity index (χ4v) is 3.69. The van der Waals surface area contributed by atoms with Crippen LogP contribution in [0.5, 0.6) is 17.2 Å². The summed E-state index contributed by atoms with van der Waals surface area (Å²) in [5.74, 6) is 0.0437. The molecule has 0 amide bonds. The van der Waals surface area contributed by atoms with Gasteiger partial charge < -0.3 is 28.4 Å². The highest BCUT2D eigenvalue weighted by atomic mass is 16.6. The molecule has 0 aliphatic heterocycles. The van der Waals surface area contributed by atoms with Crippen molar-refractivity contribution >= 4 is 28.7 Å². The molecule has 0 spiro atoms. The van der Waals surface area contributed by atoms with Gasteiger partial charge in [-0.05, 0) is 58.2 Å². The lowest BCUT2D eigenvalue weighted by molar-refractivity contribution is -0.146. The number of hydrogen-bond donors (Lipinski definition) is 0. The van der Waals surface area contributed by atoms with Crippen LogP contribution in [0.25, 0.3) is 10.8 Å². The Balaban J connectivity index is 2.42. The molecule has 2 aromatic rings. The Morgan fingerprint density at radius 1 is 0.581 bits per heavy atom. The number of ether oxygens (including phenoxy) is 6. The van der Waals surface area contributed by atoms with Crippen LogP contribution < -0.4 is 14.2 Å². The predicted molar refractivity (Wildman–Crippen MR) is 165 cm³/mol. The number of carbonyl (C=O) groups excluding carboxylic acids is 3. The summed E-state index contributed by atoms with van der Waals surface area (Å²) in [6, 6.07) is 8.98. The summed E-state index contributed by atoms with van der Waals surface area (Å²) in [4.78, 5) is 36.2. The number of fused-ring (bicyclic) bond motifs is 1. The molecule has 9 heteroatoms. The standard InChI is InChI=1S/C34H44O9/c1-10-24(41-32(35)21(4)5)18-38-28-16-17-30(40-20-26(12-3)43-34(37)23(8)9)31-27(28)14-13-15-29(31)39-19-25(11-2)42-33(36)22(6)7/h13-17,24-26H,4,6,8,10-12,18-20H2,1-3,5,7,9H3. The topological polar surface area (TPSA) is 107 Å². The molecule has 0 aliphatic rings. The van der Waals surface area contributed by atoms with Crippen LogP contribution in [0, 0.1) is 0 Å². The Morgan fingerprint density at radius 2 is 0.930 bits per heavy atom. The summed E-state index contributed by atoms with van der Waals surface area (Å²) in [7, 11) is 0. The molecule has 3 atom stereocenters. The molecule has 43 heavy (non-hydrogen) atoms. The van der Waals surface area contributed by atoms with Crippen molar-refractivity contribution in [3.05, 3.63) is 66.8 Å². The van der Waals surface area contributed by atoms with E-state index < -0.39 is 36.2 Å². The van der Waals surface area contributed by atoms with Gasteiger partial charge in [0.15, 0.2) is 0 Å². The minimum Gasteiger partial charge on any atom is -0.489 e. The van der Waals surface area contributed by atoms with E-state index in [1.54, 1.807) is 39.0 Å². The minimum atomic E-state index is -0.498. The van der Waals surface area contributed by atoms with Gasteiger partial charge in [0.05, 0.1) is 5.39 Å². The number of carbonyl (C=O) groups is 3. The van der Waals surface area contributed by atoms with E-state index in [0.717, 1.165) is 0 Å². The van der Waals surface area contributed by atoms with Crippen molar-refractivity contribution in [3.63, 3.8) is 0 Å². The molecule has 0 aromatic heterocycles. The molecule has 0 N–H and O–H groups in total. The van der Waals surface area contributed by atoms with Gasteiger partial charge in [-0.1, -0.05) is 52.6 Å². The highest BCUT2D eigenvalue weighted by Crippen LogP contribution is 2.40. The molecule has 234 valence electrons. The molecule has 0 bridgehead atoms. The van der Waals surface area contributed by atoms with Crippen molar-refractivity contribution in [2.75, 3.05) is 19.8 Å². The molecule has 9 nitrogen and oxygen atoms in total. The second-order valence-electron chi connectivity index (χ2n) is 10.3. The van der Waals surface area contributed by atoms with E-state index in [1.165, 1.54) is 0 Å². The Bertz CT molecular complexity index is 1280. The van der Waals surface area contributed by atoms with Gasteiger partial charge in [0, 0.05) is 22.1 Å². The molecule has 3 unspecified atom stereocenters. The summed E-state index contributed by atoms with van der Waals surface area (Å²) >= 11 is 0. The van der Waals surface area contributed by atoms with Crippen LogP contribution in [-0.4, -0.2) is 56.0 Å². The maximum absolute atomic E-state index is 12.1. The molecule has 0 heterocycles. The van der Waals surface area contributed by atoms with Gasteiger partial charge in [-0.15, -0.1) is 0 Å². The van der Waals surface area contributed by atoms with Crippen LogP contribution in [0.15, 0.2) is 66.8 Å². The maximum Gasteiger partial charge on any atom is 0.333 e. The van der Waals surface area contributed by atoms with Crippen LogP contribution in [0.4, 0.5) is 0 Å². The van der Waals surface area contributed by atoms with E-state index in [1.807, 2.05) is 32.9 Å². The zero-order valence-corrected chi connectivity index (χ0v) is 26.2. The van der Waals surface area contributed by atoms with Crippen molar-refractivity contribution in [2.24, 2.45) is 0 Å². The van der Waals surface area contributed by atoms with Gasteiger partial charge in [-0.2, -0.15) is 0 Å². The lowest BCUT2D eigenvalue weighted by Gasteiger charge is -2.22. The highest BCUT2D eigenvalue weighted by Gasteiger charge is 2.21. The fourth-order valence-electron chi connectivity index (χ4n) is 3.69. The number of hydrogen-bond acceptors (Lipinski definition) is 9. The first-order chi connectivity index (χ1) is 20.4. The third-order valence-electron chi connectivity index (χ3n) is 6.43. The molecule has 0 aliphatic carbocycles. The summed E-state index contributed by atoms with van der Waals surface area (Å²) in [5, 5.41) is 1.31. The first-order valence-corrected chi connectivity index (χ1v) is 14.4. The van der Waals surface area contributed by atoms with Crippen molar-refractivity contribution in [1.29, 1.82) is 0 Å². The number of benzene rings is 2. The zero-order chi connectivity index (χ0) is 32.1. The van der Waals surface area contributed by atoms with Crippen LogP contribution >= 0.6 is 0 Å². The van der Waals surface area contributed by atoms with Gasteiger partial charge in [0.1, 0.15) is 55.4 Å². The summed E-state index contributed by atoms with van der Waals surface area (Å²) in [5.41, 5.74) is 0.919. The summed E-state index contributed by atoms with van der Waals surface area (Å²) < 4.78 is 35.0. The van der Waals surface area contributed by atoms with E-state index in [-0.39, 0.29) is 19.8 Å². The maximum atomic E-state index is 12.1. The number of esters is 3. The Hall–Kier alpha value is -4.27. The van der Waals surface area contributed by atoms with Crippen LogP contribution in [-0.2, 0) is 28.6 Å². The van der Waals surface area contributed by atoms with Crippen LogP contribution in [0.2, 0.25) is 0 Å². The average Bonchev–Trinajstić information content (AvgIpc) is 2.98. The second-order valence-corrected chi connectivity index (χ2v) is 10.3. The minimum absolute atomic E-state index is 0.0989. The monoisotopic (exact) mass is 596 g/mol. The van der Waals surface area contributed by atoms with Gasteiger partial charge in [0.25, 0.3) is 0 Å². The van der Waals surface area contributed by atoms with Gasteiger partial charge in [-0.25, -0.2) is 14.4 Å². The zero-order valence-electron chi connectivity index (χ0n) is 26.2. The molecular formula is C34H44O9. The SMILES string of the molecule is C=C(C)C(=O)OC(CC)COc1ccc(OCC(CC)OC(=O)C(=C)C)c2c(OCC(CC)OC(=O)C(=C)C)cccc12. The Labute approximate surface area is 254 Å². The third kappa shape index (κ3) is 10.5. The average molecular weight is 597 g/mol. The van der Waals surface area contributed by atoms with E-state index in [4.69, 9.17) is 28.4 Å². The van der Waals surface area contributed by atoms with Gasteiger partial charge >= 0.3 is 17.9 Å². The fraction of sp³-hybridized carbons (Fsp3) is 0.441. The van der Waals surface area contributed by atoms with E-state index >= 15 is 0 Å². The lowest BCUT2D eigenvalue weighted by atomic mass is 10.1. The lowest BCUT2D eigenvalue weighted by Crippen LogP contribution is -2.25. The quantitative estimate of drug-likeness (QED) is 0.106. The first-order valence-electron chi connectivity index (χ1n) is 14.4. The van der Waals surface area contributed by atoms with Gasteiger partial charge in [-0.3, -0.25) is 0 Å². The molecule has 0 saturated heterocycles. The molecule has 0 saturated carbocycles. The van der Waals surface area contributed by atoms with E-state index in [9.17, 15) is 14.4 Å². The largest absolute Gasteiger partial charge is 0.489 e. The summed E-state index contributed by atoms with van der Waals surface area (Å²) in [6.45, 7) is 21.7. The Morgan fingerprint density at radius 3 is 1.30 bits per heavy atom. The van der Waals surface area contributed by atoms with E-state index in [2.05, 4.69) is 19.7 Å². The third-order valence-corrected chi connectivity index (χ3v) is 6.43. The molecule has 0 radical (unpaired) electrons. The first kappa shape index (κ1) is 34.9. The van der Waals surface area contributed by atoms with Crippen molar-refractivity contribution in [3.8, 4) is 17.2 Å². The molecular weight excluding hydrogens is 552 g/mol. The molecule has 2 rings (SSSR count). The second kappa shape index (κ2) is 17.0. The van der Waals surface area contributed by atoms with Gasteiger partial charge in [0.2, 0.25) is 0 Å².